The van der Waals surface area contributed by atoms with Crippen molar-refractivity contribution in [1.82, 2.24) is 0 Å². The summed E-state index contributed by atoms with van der Waals surface area (Å²) < 4.78 is 23.7. The van der Waals surface area contributed by atoms with Crippen LogP contribution in [0.2, 0.25) is 0 Å². The van der Waals surface area contributed by atoms with Crippen molar-refractivity contribution < 1.29 is 28.8 Å². The van der Waals surface area contributed by atoms with E-state index in [0.29, 0.717) is 6.61 Å². The van der Waals surface area contributed by atoms with E-state index in [1.807, 2.05) is 37.3 Å². The average molecular weight is 397 g/mol. The Morgan fingerprint density at radius 2 is 1.96 bits per heavy atom. The lowest BCUT2D eigenvalue weighted by molar-refractivity contribution is -0.320. The Morgan fingerprint density at radius 1 is 1.26 bits per heavy atom. The maximum atomic E-state index is 12.5. The fraction of sp³-hybridized carbons (Fsp3) is 0.650. The highest BCUT2D eigenvalue weighted by molar-refractivity contribution is 7.99. The molecule has 0 bridgehead atoms. The van der Waals surface area contributed by atoms with E-state index in [9.17, 15) is 9.90 Å². The monoisotopic (exact) mass is 396 g/mol. The predicted octanol–water partition coefficient (Wildman–Crippen LogP) is 2.90. The lowest BCUT2D eigenvalue weighted by Crippen LogP contribution is -2.62. The Bertz CT molecular complexity index is 631. The van der Waals surface area contributed by atoms with Crippen LogP contribution < -0.4 is 0 Å². The molecule has 0 radical (unpaired) electrons. The SMILES string of the molecule is CCSC1OC2COC(c3ccccc3)OC2C(OC(=O)C(C)(C)C)C1O. The molecule has 6 atom stereocenters. The summed E-state index contributed by atoms with van der Waals surface area (Å²) in [4.78, 5) is 12.5. The van der Waals surface area contributed by atoms with E-state index >= 15 is 0 Å². The van der Waals surface area contributed by atoms with Crippen molar-refractivity contribution in [3.8, 4) is 0 Å². The number of aliphatic hydroxyl groups excluding tert-OH is 1. The van der Waals surface area contributed by atoms with Gasteiger partial charge in [0.15, 0.2) is 12.4 Å². The van der Waals surface area contributed by atoms with Crippen LogP contribution in [0.5, 0.6) is 0 Å². The van der Waals surface area contributed by atoms with Gasteiger partial charge in [-0.3, -0.25) is 4.79 Å². The number of hydrogen-bond donors (Lipinski definition) is 1. The molecule has 0 aliphatic carbocycles. The second-order valence-electron chi connectivity index (χ2n) is 7.79. The van der Waals surface area contributed by atoms with E-state index in [1.54, 1.807) is 20.8 Å². The molecule has 6 unspecified atom stereocenters. The lowest BCUT2D eigenvalue weighted by Gasteiger charge is -2.47. The topological polar surface area (TPSA) is 74.2 Å². The molecule has 0 amide bonds. The Morgan fingerprint density at radius 3 is 2.59 bits per heavy atom. The van der Waals surface area contributed by atoms with E-state index in [1.165, 1.54) is 11.8 Å². The zero-order chi connectivity index (χ0) is 19.6. The molecular weight excluding hydrogens is 368 g/mol. The Hall–Kier alpha value is -1.12. The van der Waals surface area contributed by atoms with Crippen molar-refractivity contribution in [1.29, 1.82) is 0 Å². The van der Waals surface area contributed by atoms with Gasteiger partial charge in [-0.1, -0.05) is 37.3 Å². The predicted molar refractivity (Wildman–Crippen MR) is 102 cm³/mol. The summed E-state index contributed by atoms with van der Waals surface area (Å²) >= 11 is 1.48. The number of fused-ring (bicyclic) bond motifs is 1. The van der Waals surface area contributed by atoms with Gasteiger partial charge in [-0.05, 0) is 26.5 Å². The van der Waals surface area contributed by atoms with Crippen molar-refractivity contribution in [2.75, 3.05) is 12.4 Å². The molecule has 2 aliphatic heterocycles. The van der Waals surface area contributed by atoms with Crippen LogP contribution in [0.3, 0.4) is 0 Å². The zero-order valence-corrected chi connectivity index (χ0v) is 17.0. The number of benzene rings is 1. The van der Waals surface area contributed by atoms with Crippen molar-refractivity contribution in [2.45, 2.75) is 63.8 Å². The molecule has 0 saturated carbocycles. The summed E-state index contributed by atoms with van der Waals surface area (Å²) in [6.07, 6.45) is -3.38. The van der Waals surface area contributed by atoms with Crippen LogP contribution in [0.25, 0.3) is 0 Å². The van der Waals surface area contributed by atoms with E-state index < -0.39 is 41.6 Å². The highest BCUT2D eigenvalue weighted by Gasteiger charge is 2.52. The number of aliphatic hydroxyl groups is 1. The first-order valence-electron chi connectivity index (χ1n) is 9.29. The highest BCUT2D eigenvalue weighted by atomic mass is 32.2. The third-order valence-corrected chi connectivity index (χ3v) is 5.62. The number of hydrogen-bond acceptors (Lipinski definition) is 7. The molecule has 6 nitrogen and oxygen atoms in total. The van der Waals surface area contributed by atoms with Crippen LogP contribution in [0.15, 0.2) is 30.3 Å². The second-order valence-corrected chi connectivity index (χ2v) is 9.16. The minimum absolute atomic E-state index is 0.307. The van der Waals surface area contributed by atoms with E-state index in [-0.39, 0.29) is 5.97 Å². The van der Waals surface area contributed by atoms with Gasteiger partial charge in [0.05, 0.1) is 12.0 Å². The summed E-state index contributed by atoms with van der Waals surface area (Å²) in [6, 6.07) is 9.56. The van der Waals surface area contributed by atoms with Crippen molar-refractivity contribution >= 4 is 17.7 Å². The van der Waals surface area contributed by atoms with Gasteiger partial charge in [-0.15, -0.1) is 11.8 Å². The lowest BCUT2D eigenvalue weighted by atomic mass is 9.95. The molecule has 0 spiro atoms. The van der Waals surface area contributed by atoms with E-state index in [0.717, 1.165) is 11.3 Å². The minimum Gasteiger partial charge on any atom is -0.456 e. The van der Waals surface area contributed by atoms with Gasteiger partial charge < -0.3 is 24.1 Å². The molecule has 1 aromatic carbocycles. The van der Waals surface area contributed by atoms with Crippen LogP contribution >= 0.6 is 11.8 Å². The van der Waals surface area contributed by atoms with Gasteiger partial charge in [0, 0.05) is 5.56 Å². The van der Waals surface area contributed by atoms with Crippen molar-refractivity contribution in [3.05, 3.63) is 35.9 Å². The van der Waals surface area contributed by atoms with Crippen LogP contribution in [0, 0.1) is 5.41 Å². The molecule has 2 heterocycles. The number of ether oxygens (including phenoxy) is 4. The quantitative estimate of drug-likeness (QED) is 0.785. The summed E-state index contributed by atoms with van der Waals surface area (Å²) in [5.41, 5.74) is -0.295. The van der Waals surface area contributed by atoms with Gasteiger partial charge >= 0.3 is 5.97 Å². The summed E-state index contributed by atoms with van der Waals surface area (Å²) in [5, 5.41) is 10.8. The number of thioether (sulfide) groups is 1. The summed E-state index contributed by atoms with van der Waals surface area (Å²) in [5.74, 6) is 0.395. The van der Waals surface area contributed by atoms with Gasteiger partial charge in [0.25, 0.3) is 0 Å². The Kier molecular flexibility index (Phi) is 6.48. The molecule has 3 rings (SSSR count). The van der Waals surface area contributed by atoms with Gasteiger partial charge in [0.1, 0.15) is 23.7 Å². The van der Waals surface area contributed by atoms with Crippen LogP contribution in [0.1, 0.15) is 39.5 Å². The first-order chi connectivity index (χ1) is 12.8. The molecule has 2 fully saturated rings. The van der Waals surface area contributed by atoms with Gasteiger partial charge in [0.2, 0.25) is 0 Å². The highest BCUT2D eigenvalue weighted by Crippen LogP contribution is 2.38. The third-order valence-electron chi connectivity index (χ3n) is 4.57. The molecule has 27 heavy (non-hydrogen) atoms. The maximum Gasteiger partial charge on any atom is 0.311 e. The molecule has 1 N–H and O–H groups in total. The maximum absolute atomic E-state index is 12.5. The van der Waals surface area contributed by atoms with Gasteiger partial charge in [-0.2, -0.15) is 0 Å². The van der Waals surface area contributed by atoms with Crippen LogP contribution in [0.4, 0.5) is 0 Å². The van der Waals surface area contributed by atoms with Crippen LogP contribution in [-0.2, 0) is 23.7 Å². The second kappa shape index (κ2) is 8.49. The molecule has 1 aromatic rings. The fourth-order valence-electron chi connectivity index (χ4n) is 3.08. The fourth-order valence-corrected chi connectivity index (χ4v) is 3.98. The molecule has 150 valence electrons. The molecule has 2 saturated heterocycles. The van der Waals surface area contributed by atoms with Crippen LogP contribution in [-0.4, -0.2) is 53.3 Å². The standard InChI is InChI=1S/C20H28O6S/c1-5-27-18-14(21)16(26-19(22)20(2,3)4)15-13(24-18)11-23-17(25-15)12-9-7-6-8-10-12/h6-10,13-18,21H,5,11H2,1-4H3. The normalized spacial score (nSPS) is 34.0. The smallest absolute Gasteiger partial charge is 0.311 e. The first kappa shape index (κ1) is 20.6. The number of esters is 1. The number of carbonyl (C=O) groups excluding carboxylic acids is 1. The molecule has 7 heteroatoms. The summed E-state index contributed by atoms with van der Waals surface area (Å²) in [7, 11) is 0. The largest absolute Gasteiger partial charge is 0.456 e. The molecule has 2 aliphatic rings. The first-order valence-corrected chi connectivity index (χ1v) is 10.3. The zero-order valence-electron chi connectivity index (χ0n) is 16.2. The Balaban J connectivity index is 1.82. The molecular formula is C20H28O6S. The van der Waals surface area contributed by atoms with E-state index in [2.05, 4.69) is 0 Å². The summed E-state index contributed by atoms with van der Waals surface area (Å²) in [6.45, 7) is 7.65. The average Bonchev–Trinajstić information content (AvgIpc) is 2.64. The Labute approximate surface area is 164 Å². The minimum atomic E-state index is -0.975. The van der Waals surface area contributed by atoms with Crippen molar-refractivity contribution in [2.24, 2.45) is 5.41 Å². The number of rotatable bonds is 4. The molecule has 0 aromatic heterocycles. The van der Waals surface area contributed by atoms with E-state index in [4.69, 9.17) is 18.9 Å². The van der Waals surface area contributed by atoms with Gasteiger partial charge in [-0.25, -0.2) is 0 Å². The third kappa shape index (κ3) is 4.66. The van der Waals surface area contributed by atoms with Crippen molar-refractivity contribution in [3.63, 3.8) is 0 Å². The number of carbonyl (C=O) groups is 1.